The summed E-state index contributed by atoms with van der Waals surface area (Å²) in [5.41, 5.74) is 6.75. The van der Waals surface area contributed by atoms with Crippen LogP contribution in [0.3, 0.4) is 0 Å². The molecule has 0 unspecified atom stereocenters. The molecule has 60 valence electrons. The lowest BCUT2D eigenvalue weighted by Gasteiger charge is -2.05. The monoisotopic (exact) mass is 151 g/mol. The van der Waals surface area contributed by atoms with Crippen molar-refractivity contribution in [1.29, 1.82) is 0 Å². The molecule has 3 heteroatoms. The molecule has 1 aliphatic heterocycles. The molecule has 0 radical (unpaired) electrons. The standard InChI is InChI=1S/C8H13N3/c9-8-5-7(10-11-8)6-3-1-2-4-6/h6H,1-5H2,(H2,9,11). The molecule has 3 nitrogen and oxygen atoms in total. The van der Waals surface area contributed by atoms with Crippen molar-refractivity contribution in [3.63, 3.8) is 0 Å². The van der Waals surface area contributed by atoms with Crippen molar-refractivity contribution < 1.29 is 0 Å². The van der Waals surface area contributed by atoms with Crippen molar-refractivity contribution in [3.8, 4) is 0 Å². The third-order valence-electron chi connectivity index (χ3n) is 2.50. The van der Waals surface area contributed by atoms with E-state index in [-0.39, 0.29) is 0 Å². The quantitative estimate of drug-likeness (QED) is 0.603. The third-order valence-corrected chi connectivity index (χ3v) is 2.50. The summed E-state index contributed by atoms with van der Waals surface area (Å²) in [4.78, 5) is 0. The second kappa shape index (κ2) is 2.64. The number of nitrogens with two attached hydrogens (primary N) is 1. The van der Waals surface area contributed by atoms with Crippen LogP contribution in [0, 0.1) is 5.92 Å². The Balaban J connectivity index is 1.98. The van der Waals surface area contributed by atoms with Crippen LogP contribution < -0.4 is 5.73 Å². The molecule has 0 aromatic carbocycles. The van der Waals surface area contributed by atoms with Crippen LogP contribution in [0.4, 0.5) is 0 Å². The largest absolute Gasteiger partial charge is 0.385 e. The highest BCUT2D eigenvalue weighted by Gasteiger charge is 2.23. The van der Waals surface area contributed by atoms with Crippen LogP contribution in [0.25, 0.3) is 0 Å². The summed E-state index contributed by atoms with van der Waals surface area (Å²) in [5, 5.41) is 7.92. The van der Waals surface area contributed by atoms with Crippen LogP contribution >= 0.6 is 0 Å². The van der Waals surface area contributed by atoms with E-state index >= 15 is 0 Å². The van der Waals surface area contributed by atoms with Gasteiger partial charge in [0, 0.05) is 6.42 Å². The fraction of sp³-hybridized carbons (Fsp3) is 0.750. The van der Waals surface area contributed by atoms with Gasteiger partial charge in [0.05, 0.1) is 5.71 Å². The van der Waals surface area contributed by atoms with E-state index < -0.39 is 0 Å². The van der Waals surface area contributed by atoms with Crippen molar-refractivity contribution in [1.82, 2.24) is 0 Å². The fourth-order valence-corrected chi connectivity index (χ4v) is 1.87. The molecule has 0 aromatic rings. The van der Waals surface area contributed by atoms with E-state index in [1.54, 1.807) is 0 Å². The Hall–Kier alpha value is -0.860. The highest BCUT2D eigenvalue weighted by atomic mass is 15.3. The maximum absolute atomic E-state index is 5.53. The predicted molar refractivity (Wildman–Crippen MR) is 45.6 cm³/mol. The summed E-state index contributed by atoms with van der Waals surface area (Å²) >= 11 is 0. The molecule has 0 atom stereocenters. The minimum Gasteiger partial charge on any atom is -0.385 e. The highest BCUT2D eigenvalue weighted by Crippen LogP contribution is 2.28. The van der Waals surface area contributed by atoms with Crippen LogP contribution in [0.2, 0.25) is 0 Å². The molecule has 0 saturated heterocycles. The summed E-state index contributed by atoms with van der Waals surface area (Å²) in [5.74, 6) is 1.38. The van der Waals surface area contributed by atoms with Crippen molar-refractivity contribution in [3.05, 3.63) is 0 Å². The average molecular weight is 151 g/mol. The zero-order chi connectivity index (χ0) is 7.68. The Morgan fingerprint density at radius 1 is 1.18 bits per heavy atom. The van der Waals surface area contributed by atoms with E-state index in [4.69, 9.17) is 5.73 Å². The number of nitrogens with zero attached hydrogens (tertiary/aromatic N) is 2. The summed E-state index contributed by atoms with van der Waals surface area (Å²) in [6, 6.07) is 0. The highest BCUT2D eigenvalue weighted by molar-refractivity contribution is 6.06. The minimum absolute atomic E-state index is 0.687. The van der Waals surface area contributed by atoms with Gasteiger partial charge in [0.25, 0.3) is 0 Å². The Bertz CT molecular complexity index is 211. The molecule has 1 heterocycles. The van der Waals surface area contributed by atoms with E-state index in [1.807, 2.05) is 0 Å². The van der Waals surface area contributed by atoms with E-state index in [0.29, 0.717) is 11.8 Å². The van der Waals surface area contributed by atoms with Crippen molar-refractivity contribution in [2.24, 2.45) is 21.9 Å². The van der Waals surface area contributed by atoms with Gasteiger partial charge in [-0.25, -0.2) is 0 Å². The van der Waals surface area contributed by atoms with Gasteiger partial charge in [0.1, 0.15) is 5.84 Å². The minimum atomic E-state index is 0.687. The lowest BCUT2D eigenvalue weighted by Crippen LogP contribution is -2.16. The topological polar surface area (TPSA) is 50.7 Å². The molecule has 2 rings (SSSR count). The van der Waals surface area contributed by atoms with Crippen LogP contribution in [0.1, 0.15) is 32.1 Å². The van der Waals surface area contributed by atoms with Crippen molar-refractivity contribution in [2.75, 3.05) is 0 Å². The Morgan fingerprint density at radius 3 is 2.45 bits per heavy atom. The van der Waals surface area contributed by atoms with Gasteiger partial charge in [0.2, 0.25) is 0 Å². The van der Waals surface area contributed by atoms with Gasteiger partial charge >= 0.3 is 0 Å². The molecule has 11 heavy (non-hydrogen) atoms. The van der Waals surface area contributed by atoms with Gasteiger partial charge in [0.15, 0.2) is 0 Å². The van der Waals surface area contributed by atoms with Crippen LogP contribution in [0.15, 0.2) is 10.2 Å². The van der Waals surface area contributed by atoms with E-state index in [0.717, 1.165) is 6.42 Å². The number of rotatable bonds is 1. The van der Waals surface area contributed by atoms with E-state index in [1.165, 1.54) is 31.4 Å². The third kappa shape index (κ3) is 1.27. The zero-order valence-electron chi connectivity index (χ0n) is 6.58. The van der Waals surface area contributed by atoms with Crippen LogP contribution in [-0.4, -0.2) is 11.5 Å². The predicted octanol–water partition coefficient (Wildman–Crippen LogP) is 1.29. The molecule has 0 amide bonds. The maximum Gasteiger partial charge on any atom is 0.128 e. The molecule has 0 aromatic heterocycles. The van der Waals surface area contributed by atoms with Crippen LogP contribution in [0.5, 0.6) is 0 Å². The summed E-state index contributed by atoms with van der Waals surface area (Å²) in [6.45, 7) is 0. The lowest BCUT2D eigenvalue weighted by atomic mass is 9.99. The molecule has 2 aliphatic rings. The maximum atomic E-state index is 5.53. The SMILES string of the molecule is NC1=NN=C(C2CCCC2)C1. The molecule has 0 spiro atoms. The average Bonchev–Trinajstić information content (AvgIpc) is 2.55. The first-order chi connectivity index (χ1) is 5.36. The first kappa shape index (κ1) is 6.83. The molecule has 1 fully saturated rings. The Morgan fingerprint density at radius 2 is 1.91 bits per heavy atom. The molecule has 1 saturated carbocycles. The van der Waals surface area contributed by atoms with E-state index in [9.17, 15) is 0 Å². The number of hydrogen-bond acceptors (Lipinski definition) is 3. The number of hydrogen-bond donors (Lipinski definition) is 1. The Labute approximate surface area is 66.4 Å². The summed E-state index contributed by atoms with van der Waals surface area (Å²) in [7, 11) is 0. The van der Waals surface area contributed by atoms with Gasteiger partial charge in [-0.2, -0.15) is 5.10 Å². The van der Waals surface area contributed by atoms with Gasteiger partial charge < -0.3 is 5.73 Å². The normalized spacial score (nSPS) is 25.5. The first-order valence-corrected chi connectivity index (χ1v) is 4.25. The molecular formula is C8H13N3. The molecule has 0 bridgehead atoms. The fourth-order valence-electron chi connectivity index (χ4n) is 1.87. The van der Waals surface area contributed by atoms with Gasteiger partial charge in [-0.15, -0.1) is 5.10 Å². The first-order valence-electron chi connectivity index (χ1n) is 4.25. The van der Waals surface area contributed by atoms with Crippen LogP contribution in [-0.2, 0) is 0 Å². The molecule has 1 aliphatic carbocycles. The number of amidine groups is 1. The second-order valence-electron chi connectivity index (χ2n) is 3.34. The van der Waals surface area contributed by atoms with Gasteiger partial charge in [-0.05, 0) is 18.8 Å². The van der Waals surface area contributed by atoms with Crippen molar-refractivity contribution in [2.45, 2.75) is 32.1 Å². The molecule has 2 N–H and O–H groups in total. The summed E-state index contributed by atoms with van der Waals surface area (Å²) < 4.78 is 0. The van der Waals surface area contributed by atoms with E-state index in [2.05, 4.69) is 10.2 Å². The smallest absolute Gasteiger partial charge is 0.128 e. The molecular weight excluding hydrogens is 138 g/mol. The van der Waals surface area contributed by atoms with Gasteiger partial charge in [-0.1, -0.05) is 12.8 Å². The lowest BCUT2D eigenvalue weighted by molar-refractivity contribution is 0.721. The van der Waals surface area contributed by atoms with Crippen molar-refractivity contribution >= 4 is 11.5 Å². The van der Waals surface area contributed by atoms with Gasteiger partial charge in [-0.3, -0.25) is 0 Å². The summed E-state index contributed by atoms with van der Waals surface area (Å²) in [6.07, 6.45) is 6.11. The Kier molecular flexibility index (Phi) is 1.64. The second-order valence-corrected chi connectivity index (χ2v) is 3.34. The zero-order valence-corrected chi connectivity index (χ0v) is 6.58.